The highest BCUT2D eigenvalue weighted by Crippen LogP contribution is 2.40. The Bertz CT molecular complexity index is 2020. The van der Waals surface area contributed by atoms with Crippen LogP contribution in [-0.4, -0.2) is 21.2 Å². The normalized spacial score (nSPS) is 16.8. The first-order valence-corrected chi connectivity index (χ1v) is 14.2. The zero-order valence-corrected chi connectivity index (χ0v) is 22.8. The predicted octanol–water partition coefficient (Wildman–Crippen LogP) is 9.02. The second-order valence-corrected chi connectivity index (χ2v) is 10.7. The van der Waals surface area contributed by atoms with Crippen molar-refractivity contribution in [2.24, 2.45) is 10.9 Å². The van der Waals surface area contributed by atoms with Crippen LogP contribution in [0.15, 0.2) is 139 Å². The summed E-state index contributed by atoms with van der Waals surface area (Å²) in [6, 6.07) is 36.1. The minimum absolute atomic E-state index is 0.0394. The van der Waals surface area contributed by atoms with E-state index in [0.717, 1.165) is 50.6 Å². The highest BCUT2D eigenvalue weighted by atomic mass is 14.9. The van der Waals surface area contributed by atoms with Gasteiger partial charge in [0.2, 0.25) is 0 Å². The zero-order chi connectivity index (χ0) is 27.9. The molecule has 4 aromatic carbocycles. The van der Waals surface area contributed by atoms with Gasteiger partial charge in [0.05, 0.1) is 11.4 Å². The van der Waals surface area contributed by atoms with Gasteiger partial charge in [-0.2, -0.15) is 0 Å². The van der Waals surface area contributed by atoms with Gasteiger partial charge >= 0.3 is 0 Å². The molecule has 2 aliphatic rings. The lowest BCUT2D eigenvalue weighted by Crippen LogP contribution is -2.16. The summed E-state index contributed by atoms with van der Waals surface area (Å²) in [7, 11) is 0. The molecule has 2 aromatic heterocycles. The van der Waals surface area contributed by atoms with Crippen molar-refractivity contribution in [3.8, 4) is 44.9 Å². The Morgan fingerprint density at radius 2 is 1.26 bits per heavy atom. The van der Waals surface area contributed by atoms with E-state index in [9.17, 15) is 0 Å². The molecule has 2 unspecified atom stereocenters. The van der Waals surface area contributed by atoms with Gasteiger partial charge in [-0.3, -0.25) is 4.99 Å². The molecule has 0 saturated heterocycles. The predicted molar refractivity (Wildman–Crippen MR) is 172 cm³/mol. The summed E-state index contributed by atoms with van der Waals surface area (Å²) in [5.74, 6) is 0.981. The van der Waals surface area contributed by atoms with Crippen molar-refractivity contribution in [2.45, 2.75) is 6.04 Å². The van der Waals surface area contributed by atoms with E-state index in [1.807, 2.05) is 42.9 Å². The summed E-state index contributed by atoms with van der Waals surface area (Å²) in [5, 5.41) is 2.38. The largest absolute Gasteiger partial charge is 0.282 e. The van der Waals surface area contributed by atoms with Crippen LogP contribution in [-0.2, 0) is 0 Å². The first-order chi connectivity index (χ1) is 20.8. The van der Waals surface area contributed by atoms with E-state index in [0.29, 0.717) is 0 Å². The van der Waals surface area contributed by atoms with Crippen LogP contribution in [0.1, 0.15) is 17.3 Å². The van der Waals surface area contributed by atoms with Crippen molar-refractivity contribution in [1.29, 1.82) is 0 Å². The summed E-state index contributed by atoms with van der Waals surface area (Å²) in [4.78, 5) is 19.2. The zero-order valence-electron chi connectivity index (χ0n) is 22.8. The molecule has 0 saturated carbocycles. The Kier molecular flexibility index (Phi) is 5.89. The smallest absolute Gasteiger partial charge is 0.159 e. The van der Waals surface area contributed by atoms with E-state index < -0.39 is 0 Å². The van der Waals surface area contributed by atoms with Crippen LogP contribution >= 0.6 is 0 Å². The van der Waals surface area contributed by atoms with Crippen molar-refractivity contribution in [3.05, 3.63) is 145 Å². The van der Waals surface area contributed by atoms with Crippen molar-refractivity contribution >= 4 is 23.1 Å². The number of rotatable bonds is 4. The lowest BCUT2D eigenvalue weighted by molar-refractivity contribution is 0.595. The second-order valence-electron chi connectivity index (χ2n) is 10.7. The molecule has 1 aliphatic carbocycles. The van der Waals surface area contributed by atoms with E-state index in [1.165, 1.54) is 16.3 Å². The fourth-order valence-electron chi connectivity index (χ4n) is 6.01. The van der Waals surface area contributed by atoms with E-state index >= 15 is 0 Å². The van der Waals surface area contributed by atoms with Crippen LogP contribution in [0.2, 0.25) is 0 Å². The van der Waals surface area contributed by atoms with E-state index in [2.05, 4.69) is 113 Å². The molecule has 198 valence electrons. The molecular weight excluding hydrogens is 512 g/mol. The van der Waals surface area contributed by atoms with Gasteiger partial charge in [-0.25, -0.2) is 15.0 Å². The number of hydrogen-bond acceptors (Lipinski definition) is 4. The minimum Gasteiger partial charge on any atom is -0.282 e. The molecule has 0 amide bonds. The highest BCUT2D eigenvalue weighted by molar-refractivity contribution is 6.04. The molecule has 0 bridgehead atoms. The maximum atomic E-state index is 5.18. The Morgan fingerprint density at radius 3 is 2.07 bits per heavy atom. The van der Waals surface area contributed by atoms with Crippen molar-refractivity contribution < 1.29 is 0 Å². The monoisotopic (exact) mass is 538 g/mol. The summed E-state index contributed by atoms with van der Waals surface area (Å²) < 4.78 is 0. The fourth-order valence-corrected chi connectivity index (χ4v) is 6.01. The maximum Gasteiger partial charge on any atom is 0.159 e. The molecule has 42 heavy (non-hydrogen) atoms. The van der Waals surface area contributed by atoms with E-state index in [4.69, 9.17) is 9.98 Å². The molecule has 3 heterocycles. The summed E-state index contributed by atoms with van der Waals surface area (Å²) >= 11 is 0. The number of aromatic nitrogens is 3. The highest BCUT2D eigenvalue weighted by Gasteiger charge is 2.27. The molecule has 0 N–H and O–H groups in total. The van der Waals surface area contributed by atoms with Gasteiger partial charge in [-0.05, 0) is 45.2 Å². The lowest BCUT2D eigenvalue weighted by atomic mass is 9.86. The number of nitrogens with zero attached hydrogens (tertiary/aromatic N) is 4. The number of benzene rings is 4. The number of fused-ring (bicyclic) bond motifs is 4. The molecule has 6 aromatic rings. The van der Waals surface area contributed by atoms with Gasteiger partial charge < -0.3 is 0 Å². The van der Waals surface area contributed by atoms with Gasteiger partial charge in [0, 0.05) is 41.2 Å². The van der Waals surface area contributed by atoms with Crippen LogP contribution in [0.25, 0.3) is 61.7 Å². The number of hydrogen-bond donors (Lipinski definition) is 0. The molecule has 1 aliphatic heterocycles. The third kappa shape index (κ3) is 4.25. The van der Waals surface area contributed by atoms with Gasteiger partial charge in [0.1, 0.15) is 6.04 Å². The maximum absolute atomic E-state index is 5.18. The third-order valence-electron chi connectivity index (χ3n) is 8.18. The summed E-state index contributed by atoms with van der Waals surface area (Å²) in [5.41, 5.74) is 9.74. The summed E-state index contributed by atoms with van der Waals surface area (Å²) in [6.07, 6.45) is 14.3. The molecular formula is C38H26N4. The van der Waals surface area contributed by atoms with Gasteiger partial charge in [0.25, 0.3) is 0 Å². The third-order valence-corrected chi connectivity index (χ3v) is 8.18. The van der Waals surface area contributed by atoms with Gasteiger partial charge in [0.15, 0.2) is 5.82 Å². The first kappa shape index (κ1) is 24.3. The van der Waals surface area contributed by atoms with Gasteiger partial charge in [-0.15, -0.1) is 0 Å². The molecule has 0 spiro atoms. The van der Waals surface area contributed by atoms with Gasteiger partial charge in [-0.1, -0.05) is 115 Å². The average Bonchev–Trinajstić information content (AvgIpc) is 3.08. The van der Waals surface area contributed by atoms with E-state index in [-0.39, 0.29) is 12.0 Å². The number of dihydropyridines is 1. The standard InChI is InChI=1S/C38H26N4/c1-2-7-25(8-3-1)30-23-40-38(41-24-30)29-16-12-26(13-17-29)31-19-20-34(33-11-5-4-10-32(31)33)35-21-18-28-15-14-27-9-6-22-39-36(27)37(28)42-35/h1-24,27,36H. The number of aliphatic imine (C=N–C) groups is 1. The quantitative estimate of drug-likeness (QED) is 0.225. The Labute approximate surface area is 244 Å². The van der Waals surface area contributed by atoms with Crippen LogP contribution < -0.4 is 0 Å². The van der Waals surface area contributed by atoms with Crippen molar-refractivity contribution in [2.75, 3.05) is 0 Å². The van der Waals surface area contributed by atoms with Crippen LogP contribution in [0, 0.1) is 5.92 Å². The SMILES string of the molecule is C1=CC2C=Cc3ccc(-c4ccc(-c5ccc(-c6ncc(-c7ccccc7)cn6)cc5)c5ccccc45)nc3C2N=C1. The molecule has 2 atom stereocenters. The fraction of sp³-hybridized carbons (Fsp3) is 0.0526. The van der Waals surface area contributed by atoms with Crippen LogP contribution in [0.5, 0.6) is 0 Å². The van der Waals surface area contributed by atoms with Crippen molar-refractivity contribution in [3.63, 3.8) is 0 Å². The lowest BCUT2D eigenvalue weighted by Gasteiger charge is -2.26. The molecule has 8 rings (SSSR count). The van der Waals surface area contributed by atoms with E-state index in [1.54, 1.807) is 0 Å². The minimum atomic E-state index is 0.0394. The van der Waals surface area contributed by atoms with Crippen LogP contribution in [0.3, 0.4) is 0 Å². The second kappa shape index (κ2) is 10.2. The topological polar surface area (TPSA) is 51.0 Å². The Balaban J connectivity index is 1.13. The average molecular weight is 539 g/mol. The Morgan fingerprint density at radius 1 is 0.548 bits per heavy atom. The van der Waals surface area contributed by atoms with Crippen LogP contribution in [0.4, 0.5) is 0 Å². The Hall–Kier alpha value is -5.48. The first-order valence-electron chi connectivity index (χ1n) is 14.2. The molecule has 4 heteroatoms. The number of allylic oxidation sites excluding steroid dienone is 1. The number of pyridine rings is 1. The van der Waals surface area contributed by atoms with Crippen molar-refractivity contribution in [1.82, 2.24) is 15.0 Å². The summed E-state index contributed by atoms with van der Waals surface area (Å²) in [6.45, 7) is 0. The molecule has 0 radical (unpaired) electrons. The molecule has 4 nitrogen and oxygen atoms in total. The molecule has 0 fully saturated rings.